The highest BCUT2D eigenvalue weighted by molar-refractivity contribution is 6.42. The van der Waals surface area contributed by atoms with E-state index in [1.54, 1.807) is 30.3 Å². The Morgan fingerprint density at radius 3 is 2.44 bits per heavy atom. The summed E-state index contributed by atoms with van der Waals surface area (Å²) in [5, 5.41) is 12.2. The Balaban J connectivity index is 1.75. The fourth-order valence-corrected chi connectivity index (χ4v) is 3.05. The highest BCUT2D eigenvalue weighted by Gasteiger charge is 2.46. The number of halogens is 2. The lowest BCUT2D eigenvalue weighted by Gasteiger charge is -2.17. The lowest BCUT2D eigenvalue weighted by molar-refractivity contribution is -0.142. The van der Waals surface area contributed by atoms with E-state index in [-0.39, 0.29) is 17.3 Å². The van der Waals surface area contributed by atoms with Gasteiger partial charge in [0.2, 0.25) is 0 Å². The number of carboxylic acid groups (broad SMARTS) is 1. The summed E-state index contributed by atoms with van der Waals surface area (Å²) in [4.78, 5) is 37.7. The molecule has 140 valence electrons. The lowest BCUT2D eigenvalue weighted by Crippen LogP contribution is -2.47. The number of carbonyl (C=O) groups is 3. The third-order valence-electron chi connectivity index (χ3n) is 4.07. The SMILES string of the molecule is O=C(N[C@@H]1C(=O)N(c2ccccc2)C[C@@H]1C(=O)O)Oc1ccc(Cl)c(Cl)c1. The summed E-state index contributed by atoms with van der Waals surface area (Å²) < 4.78 is 5.07. The molecule has 0 bridgehead atoms. The molecule has 1 aliphatic rings. The molecule has 7 nitrogen and oxygen atoms in total. The molecule has 2 atom stereocenters. The van der Waals surface area contributed by atoms with Gasteiger partial charge in [0, 0.05) is 18.3 Å². The summed E-state index contributed by atoms with van der Waals surface area (Å²) in [6.07, 6.45) is -0.965. The van der Waals surface area contributed by atoms with Crippen LogP contribution in [0.4, 0.5) is 10.5 Å². The van der Waals surface area contributed by atoms with Crippen molar-refractivity contribution in [2.45, 2.75) is 6.04 Å². The van der Waals surface area contributed by atoms with Gasteiger partial charge in [0.1, 0.15) is 17.7 Å². The molecule has 2 aromatic carbocycles. The fourth-order valence-electron chi connectivity index (χ4n) is 2.76. The number of anilines is 1. The number of carbonyl (C=O) groups excluding carboxylic acids is 2. The first-order valence-electron chi connectivity index (χ1n) is 7.89. The summed E-state index contributed by atoms with van der Waals surface area (Å²) >= 11 is 11.7. The third-order valence-corrected chi connectivity index (χ3v) is 4.81. The molecule has 1 fully saturated rings. The highest BCUT2D eigenvalue weighted by atomic mass is 35.5. The Hall–Kier alpha value is -2.77. The molecular formula is C18H14Cl2N2O5. The number of para-hydroxylation sites is 1. The largest absolute Gasteiger partial charge is 0.481 e. The van der Waals surface area contributed by atoms with Crippen LogP contribution in [0.2, 0.25) is 10.0 Å². The molecule has 0 spiro atoms. The van der Waals surface area contributed by atoms with E-state index < -0.39 is 29.9 Å². The normalized spacial score (nSPS) is 19.0. The zero-order valence-electron chi connectivity index (χ0n) is 13.8. The number of hydrogen-bond donors (Lipinski definition) is 2. The van der Waals surface area contributed by atoms with E-state index in [0.717, 1.165) is 0 Å². The second kappa shape index (κ2) is 7.85. The van der Waals surface area contributed by atoms with Crippen LogP contribution in [0.1, 0.15) is 0 Å². The van der Waals surface area contributed by atoms with Crippen LogP contribution in [0.3, 0.4) is 0 Å². The van der Waals surface area contributed by atoms with E-state index in [2.05, 4.69) is 5.32 Å². The van der Waals surface area contributed by atoms with Gasteiger partial charge in [-0.15, -0.1) is 0 Å². The average molecular weight is 409 g/mol. The van der Waals surface area contributed by atoms with Crippen molar-refractivity contribution in [3.05, 3.63) is 58.6 Å². The van der Waals surface area contributed by atoms with E-state index in [4.69, 9.17) is 27.9 Å². The second-order valence-electron chi connectivity index (χ2n) is 5.82. The molecule has 1 heterocycles. The maximum absolute atomic E-state index is 12.7. The first-order chi connectivity index (χ1) is 12.9. The summed E-state index contributed by atoms with van der Waals surface area (Å²) in [6, 6.07) is 11.6. The molecule has 27 heavy (non-hydrogen) atoms. The van der Waals surface area contributed by atoms with Gasteiger partial charge in [-0.05, 0) is 24.3 Å². The zero-order valence-corrected chi connectivity index (χ0v) is 15.3. The summed E-state index contributed by atoms with van der Waals surface area (Å²) in [5.74, 6) is -2.72. The minimum absolute atomic E-state index is 0.0596. The van der Waals surface area contributed by atoms with Gasteiger partial charge in [-0.25, -0.2) is 4.79 Å². The number of nitrogens with zero attached hydrogens (tertiary/aromatic N) is 1. The van der Waals surface area contributed by atoms with Gasteiger partial charge in [0.15, 0.2) is 0 Å². The molecule has 0 aliphatic carbocycles. The first-order valence-corrected chi connectivity index (χ1v) is 8.65. The number of hydrogen-bond acceptors (Lipinski definition) is 4. The van der Waals surface area contributed by atoms with Crippen LogP contribution in [0, 0.1) is 5.92 Å². The van der Waals surface area contributed by atoms with Crippen LogP contribution < -0.4 is 15.0 Å². The average Bonchev–Trinajstić information content (AvgIpc) is 2.96. The van der Waals surface area contributed by atoms with E-state index in [9.17, 15) is 19.5 Å². The maximum Gasteiger partial charge on any atom is 0.413 e. The molecule has 0 saturated carbocycles. The van der Waals surface area contributed by atoms with Gasteiger partial charge in [0.05, 0.1) is 10.0 Å². The molecule has 2 N–H and O–H groups in total. The van der Waals surface area contributed by atoms with Crippen molar-refractivity contribution in [2.75, 3.05) is 11.4 Å². The Morgan fingerprint density at radius 1 is 1.11 bits per heavy atom. The Labute approximate surface area is 164 Å². The van der Waals surface area contributed by atoms with E-state index in [1.807, 2.05) is 0 Å². The van der Waals surface area contributed by atoms with Crippen molar-refractivity contribution in [1.82, 2.24) is 5.32 Å². The van der Waals surface area contributed by atoms with Crippen molar-refractivity contribution >= 4 is 46.9 Å². The van der Waals surface area contributed by atoms with Crippen LogP contribution >= 0.6 is 23.2 Å². The molecule has 1 saturated heterocycles. The van der Waals surface area contributed by atoms with Crippen LogP contribution in [-0.2, 0) is 9.59 Å². The van der Waals surface area contributed by atoms with Crippen molar-refractivity contribution in [3.8, 4) is 5.75 Å². The molecule has 9 heteroatoms. The minimum atomic E-state index is -1.25. The van der Waals surface area contributed by atoms with E-state index >= 15 is 0 Å². The second-order valence-corrected chi connectivity index (χ2v) is 6.63. The number of nitrogens with one attached hydrogen (secondary N) is 1. The molecule has 0 radical (unpaired) electrons. The Bertz CT molecular complexity index is 891. The summed E-state index contributed by atoms with van der Waals surface area (Å²) in [5.41, 5.74) is 0.552. The fraction of sp³-hybridized carbons (Fsp3) is 0.167. The lowest BCUT2D eigenvalue weighted by atomic mass is 10.0. The van der Waals surface area contributed by atoms with Crippen molar-refractivity contribution in [3.63, 3.8) is 0 Å². The molecular weight excluding hydrogens is 395 g/mol. The number of ether oxygens (including phenoxy) is 1. The van der Waals surface area contributed by atoms with Crippen LogP contribution in [-0.4, -0.2) is 35.7 Å². The summed E-state index contributed by atoms with van der Waals surface area (Å²) in [7, 11) is 0. The molecule has 1 aliphatic heterocycles. The summed E-state index contributed by atoms with van der Waals surface area (Å²) in [6.45, 7) is -0.0596. The predicted molar refractivity (Wildman–Crippen MR) is 99.3 cm³/mol. The van der Waals surface area contributed by atoms with Gasteiger partial charge >= 0.3 is 12.1 Å². The van der Waals surface area contributed by atoms with Gasteiger partial charge in [0.25, 0.3) is 5.91 Å². The molecule has 0 aromatic heterocycles. The zero-order chi connectivity index (χ0) is 19.6. The minimum Gasteiger partial charge on any atom is -0.481 e. The third kappa shape index (κ3) is 4.15. The van der Waals surface area contributed by atoms with Crippen LogP contribution in [0.25, 0.3) is 0 Å². The quantitative estimate of drug-likeness (QED) is 0.809. The molecule has 2 aromatic rings. The predicted octanol–water partition coefficient (Wildman–Crippen LogP) is 3.20. The van der Waals surface area contributed by atoms with E-state index in [1.165, 1.54) is 23.1 Å². The first kappa shape index (κ1) is 19.0. The monoisotopic (exact) mass is 408 g/mol. The van der Waals surface area contributed by atoms with Gasteiger partial charge in [-0.2, -0.15) is 0 Å². The van der Waals surface area contributed by atoms with E-state index in [0.29, 0.717) is 10.7 Å². The number of rotatable bonds is 4. The number of carboxylic acids is 1. The van der Waals surface area contributed by atoms with Gasteiger partial charge < -0.3 is 20.1 Å². The number of amides is 2. The van der Waals surface area contributed by atoms with Crippen LogP contribution in [0.15, 0.2) is 48.5 Å². The van der Waals surface area contributed by atoms with Crippen molar-refractivity contribution in [2.24, 2.45) is 5.92 Å². The molecule has 2 amide bonds. The number of aliphatic carboxylic acids is 1. The Kier molecular flexibility index (Phi) is 5.53. The standard InChI is InChI=1S/C18H14Cl2N2O5/c19-13-7-6-11(8-14(13)20)27-18(26)21-15-12(17(24)25)9-22(16(15)23)10-4-2-1-3-5-10/h1-8,12,15H,9H2,(H,21,26)(H,24,25)/t12-,15-/m0/s1. The van der Waals surface area contributed by atoms with Gasteiger partial charge in [-0.3, -0.25) is 9.59 Å². The molecule has 3 rings (SSSR count). The maximum atomic E-state index is 12.7. The van der Waals surface area contributed by atoms with Crippen molar-refractivity contribution in [1.29, 1.82) is 0 Å². The topological polar surface area (TPSA) is 95.9 Å². The molecule has 0 unspecified atom stereocenters. The Morgan fingerprint density at radius 2 is 1.81 bits per heavy atom. The van der Waals surface area contributed by atoms with Crippen LogP contribution in [0.5, 0.6) is 5.75 Å². The highest BCUT2D eigenvalue weighted by Crippen LogP contribution is 2.28. The van der Waals surface area contributed by atoms with Crippen molar-refractivity contribution < 1.29 is 24.2 Å². The number of benzene rings is 2. The smallest absolute Gasteiger partial charge is 0.413 e. The van der Waals surface area contributed by atoms with Gasteiger partial charge in [-0.1, -0.05) is 41.4 Å².